The van der Waals surface area contributed by atoms with Gasteiger partial charge in [0.1, 0.15) is 0 Å². The first-order valence-electron chi connectivity index (χ1n) is 4.54. The second-order valence-electron chi connectivity index (χ2n) is 3.31. The molecule has 70 valence electrons. The van der Waals surface area contributed by atoms with Gasteiger partial charge in [-0.3, -0.25) is 4.79 Å². The Labute approximate surface area is 78.2 Å². The lowest BCUT2D eigenvalue weighted by Gasteiger charge is -2.06. The molecule has 0 saturated heterocycles. The molecule has 1 aliphatic rings. The fraction of sp³-hybridized carbons (Fsp3) is 0.889. The Bertz CT molecular complexity index is 141. The normalized spacial score (nSPS) is 18.1. The fourth-order valence-corrected chi connectivity index (χ4v) is 1.88. The van der Waals surface area contributed by atoms with Gasteiger partial charge in [0, 0.05) is 6.42 Å². The second-order valence-corrected chi connectivity index (χ2v) is 3.53. The van der Waals surface area contributed by atoms with Crippen molar-refractivity contribution in [3.05, 3.63) is 0 Å². The van der Waals surface area contributed by atoms with E-state index in [2.05, 4.69) is 4.74 Å². The predicted octanol–water partition coefficient (Wildman–Crippen LogP) is 2.70. The first kappa shape index (κ1) is 9.85. The predicted molar refractivity (Wildman–Crippen MR) is 48.0 cm³/mol. The van der Waals surface area contributed by atoms with Gasteiger partial charge in [0.15, 0.2) is 6.07 Å². The summed E-state index contributed by atoms with van der Waals surface area (Å²) in [7, 11) is 0. The Morgan fingerprint density at radius 3 is 2.67 bits per heavy atom. The summed E-state index contributed by atoms with van der Waals surface area (Å²) in [6.07, 6.45) is 6.75. The van der Waals surface area contributed by atoms with Gasteiger partial charge < -0.3 is 4.74 Å². The van der Waals surface area contributed by atoms with Crippen LogP contribution in [0.1, 0.15) is 38.5 Å². The number of rotatable bonds is 4. The first-order chi connectivity index (χ1) is 5.83. The maximum atomic E-state index is 10.9. The zero-order chi connectivity index (χ0) is 8.81. The van der Waals surface area contributed by atoms with E-state index in [1.807, 2.05) is 0 Å². The molecule has 0 spiro atoms. The molecule has 0 radical (unpaired) electrons. The average molecular weight is 191 g/mol. The lowest BCUT2D eigenvalue weighted by molar-refractivity contribution is -0.141. The van der Waals surface area contributed by atoms with Crippen LogP contribution in [-0.2, 0) is 9.53 Å². The molecule has 0 atom stereocenters. The van der Waals surface area contributed by atoms with Gasteiger partial charge in [0.25, 0.3) is 0 Å². The standard InChI is InChI=1S/C9H15ClO2/c10-7-12-9(11)6-5-8-3-1-2-4-8/h8H,1-7H2. The maximum Gasteiger partial charge on any atom is 0.306 e. The summed E-state index contributed by atoms with van der Waals surface area (Å²) in [6.45, 7) is 0. The molecule has 12 heavy (non-hydrogen) atoms. The Morgan fingerprint density at radius 1 is 1.42 bits per heavy atom. The van der Waals surface area contributed by atoms with E-state index >= 15 is 0 Å². The highest BCUT2D eigenvalue weighted by Gasteiger charge is 2.16. The average Bonchev–Trinajstić information content (AvgIpc) is 2.53. The third kappa shape index (κ3) is 3.44. The van der Waals surface area contributed by atoms with E-state index in [1.165, 1.54) is 25.7 Å². The molecule has 0 aromatic rings. The maximum absolute atomic E-state index is 10.9. The van der Waals surface area contributed by atoms with Crippen LogP contribution in [0, 0.1) is 5.92 Å². The molecule has 2 nitrogen and oxygen atoms in total. The zero-order valence-corrected chi connectivity index (χ0v) is 7.98. The van der Waals surface area contributed by atoms with Crippen molar-refractivity contribution in [2.24, 2.45) is 5.92 Å². The number of hydrogen-bond acceptors (Lipinski definition) is 2. The summed E-state index contributed by atoms with van der Waals surface area (Å²) < 4.78 is 4.63. The van der Waals surface area contributed by atoms with Crippen LogP contribution in [0.3, 0.4) is 0 Å². The summed E-state index contributed by atoms with van der Waals surface area (Å²) in [5.41, 5.74) is 0. The smallest absolute Gasteiger partial charge is 0.306 e. The molecule has 0 N–H and O–H groups in total. The third-order valence-corrected chi connectivity index (χ3v) is 2.56. The molecule has 0 heterocycles. The number of carbonyl (C=O) groups is 1. The molecule has 0 bridgehead atoms. The SMILES string of the molecule is O=C(CCC1CCCC1)OCCl. The summed E-state index contributed by atoms with van der Waals surface area (Å²) in [5, 5.41) is 0. The summed E-state index contributed by atoms with van der Waals surface area (Å²) >= 11 is 5.25. The second kappa shape index (κ2) is 5.41. The number of alkyl halides is 1. The summed E-state index contributed by atoms with van der Waals surface area (Å²) in [6, 6.07) is -0.0104. The van der Waals surface area contributed by atoms with Gasteiger partial charge in [-0.1, -0.05) is 37.3 Å². The van der Waals surface area contributed by atoms with Crippen molar-refractivity contribution in [1.29, 1.82) is 0 Å². The summed E-state index contributed by atoms with van der Waals surface area (Å²) in [4.78, 5) is 10.9. The van der Waals surface area contributed by atoms with Gasteiger partial charge in [-0.25, -0.2) is 0 Å². The molecular formula is C9H15ClO2. The van der Waals surface area contributed by atoms with Crippen LogP contribution in [-0.4, -0.2) is 12.0 Å². The van der Waals surface area contributed by atoms with Gasteiger partial charge in [0.05, 0.1) is 0 Å². The van der Waals surface area contributed by atoms with E-state index in [-0.39, 0.29) is 12.0 Å². The molecule has 0 amide bonds. The van der Waals surface area contributed by atoms with Crippen molar-refractivity contribution < 1.29 is 9.53 Å². The van der Waals surface area contributed by atoms with Crippen molar-refractivity contribution in [3.63, 3.8) is 0 Å². The fourth-order valence-electron chi connectivity index (χ4n) is 1.75. The van der Waals surface area contributed by atoms with Crippen molar-refractivity contribution in [2.75, 3.05) is 6.07 Å². The van der Waals surface area contributed by atoms with Crippen LogP contribution in [0.2, 0.25) is 0 Å². The van der Waals surface area contributed by atoms with Gasteiger partial charge in [-0.05, 0) is 12.3 Å². The lowest BCUT2D eigenvalue weighted by atomic mass is 10.0. The molecule has 1 saturated carbocycles. The Balaban J connectivity index is 2.03. The molecule has 0 aliphatic heterocycles. The van der Waals surface area contributed by atoms with Crippen molar-refractivity contribution in [3.8, 4) is 0 Å². The Hall–Kier alpha value is -0.240. The van der Waals surface area contributed by atoms with Crippen LogP contribution in [0.4, 0.5) is 0 Å². The van der Waals surface area contributed by atoms with E-state index in [4.69, 9.17) is 11.6 Å². The monoisotopic (exact) mass is 190 g/mol. The van der Waals surface area contributed by atoms with Crippen molar-refractivity contribution in [2.45, 2.75) is 38.5 Å². The van der Waals surface area contributed by atoms with Crippen LogP contribution >= 0.6 is 11.6 Å². The van der Waals surface area contributed by atoms with Gasteiger partial charge in [0.2, 0.25) is 0 Å². The molecule has 0 unspecified atom stereocenters. The molecular weight excluding hydrogens is 176 g/mol. The highest BCUT2D eigenvalue weighted by Crippen LogP contribution is 2.28. The number of halogens is 1. The summed E-state index contributed by atoms with van der Waals surface area (Å²) in [5.74, 6) is 0.602. The van der Waals surface area contributed by atoms with Crippen LogP contribution in [0.5, 0.6) is 0 Å². The van der Waals surface area contributed by atoms with E-state index in [9.17, 15) is 4.79 Å². The molecule has 1 rings (SSSR count). The molecule has 0 aromatic carbocycles. The zero-order valence-electron chi connectivity index (χ0n) is 7.22. The van der Waals surface area contributed by atoms with Gasteiger partial charge in [-0.2, -0.15) is 0 Å². The quantitative estimate of drug-likeness (QED) is 0.503. The molecule has 0 aromatic heterocycles. The number of hydrogen-bond donors (Lipinski definition) is 0. The van der Waals surface area contributed by atoms with E-state index in [0.29, 0.717) is 6.42 Å². The van der Waals surface area contributed by atoms with E-state index < -0.39 is 0 Å². The topological polar surface area (TPSA) is 26.3 Å². The van der Waals surface area contributed by atoms with Crippen LogP contribution < -0.4 is 0 Å². The largest absolute Gasteiger partial charge is 0.449 e. The molecule has 3 heteroatoms. The molecule has 1 fully saturated rings. The number of carbonyl (C=O) groups excluding carboxylic acids is 1. The molecule has 1 aliphatic carbocycles. The Kier molecular flexibility index (Phi) is 4.44. The lowest BCUT2D eigenvalue weighted by Crippen LogP contribution is -2.05. The minimum Gasteiger partial charge on any atom is -0.449 e. The number of ether oxygens (including phenoxy) is 1. The highest BCUT2D eigenvalue weighted by atomic mass is 35.5. The van der Waals surface area contributed by atoms with E-state index in [0.717, 1.165) is 12.3 Å². The minimum absolute atomic E-state index is 0.0104. The van der Waals surface area contributed by atoms with Crippen LogP contribution in [0.25, 0.3) is 0 Å². The highest BCUT2D eigenvalue weighted by molar-refractivity contribution is 6.17. The van der Waals surface area contributed by atoms with Crippen molar-refractivity contribution >= 4 is 17.6 Å². The van der Waals surface area contributed by atoms with Gasteiger partial charge in [-0.15, -0.1) is 0 Å². The van der Waals surface area contributed by atoms with Gasteiger partial charge >= 0.3 is 5.97 Å². The van der Waals surface area contributed by atoms with Crippen molar-refractivity contribution in [1.82, 2.24) is 0 Å². The van der Waals surface area contributed by atoms with Crippen LogP contribution in [0.15, 0.2) is 0 Å². The minimum atomic E-state index is -0.156. The number of esters is 1. The Morgan fingerprint density at radius 2 is 2.08 bits per heavy atom. The van der Waals surface area contributed by atoms with E-state index in [1.54, 1.807) is 0 Å². The third-order valence-electron chi connectivity index (χ3n) is 2.45. The first-order valence-corrected chi connectivity index (χ1v) is 5.08.